The molecule has 2 N–H and O–H groups in total. The van der Waals surface area contributed by atoms with E-state index in [2.05, 4.69) is 0 Å². The Morgan fingerprint density at radius 3 is 2.33 bits per heavy atom. The predicted molar refractivity (Wildman–Crippen MR) is 55.1 cm³/mol. The lowest BCUT2D eigenvalue weighted by molar-refractivity contribution is -0.130. The van der Waals surface area contributed by atoms with Crippen molar-refractivity contribution in [1.29, 1.82) is 0 Å². The minimum Gasteiger partial charge on any atom is -0.351 e. The SMILES string of the molecule is CN1C(=O)CCC12CCN(C(N)=O)CC2. The quantitative estimate of drug-likeness (QED) is 0.620. The average Bonchev–Trinajstić information content (AvgIpc) is 2.48. The summed E-state index contributed by atoms with van der Waals surface area (Å²) in [5.41, 5.74) is 5.23. The Kier molecular flexibility index (Phi) is 2.32. The van der Waals surface area contributed by atoms with Crippen LogP contribution in [0, 0.1) is 0 Å². The molecule has 0 aromatic heterocycles. The van der Waals surface area contributed by atoms with Crippen LogP contribution in [-0.4, -0.2) is 47.4 Å². The van der Waals surface area contributed by atoms with Gasteiger partial charge in [0.2, 0.25) is 5.91 Å². The van der Waals surface area contributed by atoms with Crippen LogP contribution in [0.4, 0.5) is 4.79 Å². The molecule has 2 heterocycles. The van der Waals surface area contributed by atoms with E-state index in [4.69, 9.17) is 5.73 Å². The lowest BCUT2D eigenvalue weighted by Crippen LogP contribution is -2.53. The first-order valence-electron chi connectivity index (χ1n) is 5.36. The maximum Gasteiger partial charge on any atom is 0.314 e. The maximum atomic E-state index is 11.5. The first-order chi connectivity index (χ1) is 7.05. The van der Waals surface area contributed by atoms with Crippen molar-refractivity contribution in [1.82, 2.24) is 9.80 Å². The highest BCUT2D eigenvalue weighted by molar-refractivity contribution is 5.79. The van der Waals surface area contributed by atoms with Crippen LogP contribution in [0.15, 0.2) is 0 Å². The molecule has 0 saturated carbocycles. The fourth-order valence-corrected chi connectivity index (χ4v) is 2.67. The Morgan fingerprint density at radius 2 is 1.93 bits per heavy atom. The summed E-state index contributed by atoms with van der Waals surface area (Å²) >= 11 is 0. The molecule has 0 unspecified atom stereocenters. The van der Waals surface area contributed by atoms with Gasteiger partial charge in [-0.25, -0.2) is 4.79 Å². The summed E-state index contributed by atoms with van der Waals surface area (Å²) in [7, 11) is 1.87. The molecule has 84 valence electrons. The first kappa shape index (κ1) is 10.3. The average molecular weight is 211 g/mol. The number of piperidine rings is 1. The Hall–Kier alpha value is -1.26. The molecular formula is C10H17N3O2. The molecule has 2 aliphatic heterocycles. The van der Waals surface area contributed by atoms with Gasteiger partial charge >= 0.3 is 6.03 Å². The summed E-state index contributed by atoms with van der Waals surface area (Å²) in [5.74, 6) is 0.225. The zero-order chi connectivity index (χ0) is 11.1. The highest BCUT2D eigenvalue weighted by atomic mass is 16.2. The van der Waals surface area contributed by atoms with Crippen LogP contribution < -0.4 is 5.73 Å². The van der Waals surface area contributed by atoms with Crippen molar-refractivity contribution in [2.24, 2.45) is 5.73 Å². The minimum absolute atomic E-state index is 0.00301. The van der Waals surface area contributed by atoms with Crippen molar-refractivity contribution < 1.29 is 9.59 Å². The molecule has 0 aliphatic carbocycles. The molecule has 2 saturated heterocycles. The summed E-state index contributed by atoms with van der Waals surface area (Å²) in [5, 5.41) is 0. The zero-order valence-electron chi connectivity index (χ0n) is 9.03. The summed E-state index contributed by atoms with van der Waals surface area (Å²) in [4.78, 5) is 26.0. The standard InChI is InChI=1S/C10H17N3O2/c1-12-8(14)2-3-10(12)4-6-13(7-5-10)9(11)15/h2-7H2,1H3,(H2,11,15). The second-order valence-corrected chi connectivity index (χ2v) is 4.50. The number of carbonyl (C=O) groups excluding carboxylic acids is 2. The van der Waals surface area contributed by atoms with Crippen LogP contribution in [-0.2, 0) is 4.79 Å². The number of primary amides is 1. The normalized spacial score (nSPS) is 25.0. The first-order valence-corrected chi connectivity index (χ1v) is 5.36. The van der Waals surface area contributed by atoms with Crippen LogP contribution >= 0.6 is 0 Å². The second kappa shape index (κ2) is 3.40. The third-order valence-electron chi connectivity index (χ3n) is 3.90. The Labute approximate surface area is 89.2 Å². The van der Waals surface area contributed by atoms with Gasteiger partial charge in [0.25, 0.3) is 0 Å². The lowest BCUT2D eigenvalue weighted by atomic mass is 9.85. The van der Waals surface area contributed by atoms with Crippen molar-refractivity contribution in [2.45, 2.75) is 31.2 Å². The van der Waals surface area contributed by atoms with E-state index in [1.807, 2.05) is 11.9 Å². The molecule has 15 heavy (non-hydrogen) atoms. The van der Waals surface area contributed by atoms with E-state index in [0.717, 1.165) is 19.3 Å². The molecule has 2 rings (SSSR count). The smallest absolute Gasteiger partial charge is 0.314 e. The maximum absolute atomic E-state index is 11.5. The van der Waals surface area contributed by atoms with Gasteiger partial charge in [0, 0.05) is 32.1 Å². The van der Waals surface area contributed by atoms with E-state index >= 15 is 0 Å². The molecule has 0 radical (unpaired) electrons. The molecule has 3 amide bonds. The number of hydrogen-bond donors (Lipinski definition) is 1. The molecule has 5 heteroatoms. The third kappa shape index (κ3) is 1.56. The van der Waals surface area contributed by atoms with Crippen LogP contribution in [0.3, 0.4) is 0 Å². The number of urea groups is 1. The van der Waals surface area contributed by atoms with Gasteiger partial charge in [0.05, 0.1) is 0 Å². The largest absolute Gasteiger partial charge is 0.351 e. The van der Waals surface area contributed by atoms with Crippen LogP contribution in [0.1, 0.15) is 25.7 Å². The van der Waals surface area contributed by atoms with Gasteiger partial charge in [-0.15, -0.1) is 0 Å². The predicted octanol–water partition coefficient (Wildman–Crippen LogP) is 0.152. The van der Waals surface area contributed by atoms with Crippen molar-refractivity contribution in [3.63, 3.8) is 0 Å². The molecular weight excluding hydrogens is 194 g/mol. The number of nitrogens with zero attached hydrogens (tertiary/aromatic N) is 2. The molecule has 2 aliphatic rings. The fourth-order valence-electron chi connectivity index (χ4n) is 2.67. The zero-order valence-corrected chi connectivity index (χ0v) is 9.03. The van der Waals surface area contributed by atoms with E-state index in [-0.39, 0.29) is 17.5 Å². The summed E-state index contributed by atoms with van der Waals surface area (Å²) in [6.45, 7) is 1.35. The lowest BCUT2D eigenvalue weighted by Gasteiger charge is -2.43. The minimum atomic E-state index is -0.350. The van der Waals surface area contributed by atoms with Crippen molar-refractivity contribution in [2.75, 3.05) is 20.1 Å². The Morgan fingerprint density at radius 1 is 1.33 bits per heavy atom. The Balaban J connectivity index is 2.03. The van der Waals surface area contributed by atoms with Gasteiger partial charge in [-0.1, -0.05) is 0 Å². The van der Waals surface area contributed by atoms with Gasteiger partial charge < -0.3 is 15.5 Å². The summed E-state index contributed by atoms with van der Waals surface area (Å²) in [6.07, 6.45) is 3.29. The number of rotatable bonds is 0. The van der Waals surface area contributed by atoms with E-state index in [1.54, 1.807) is 4.90 Å². The third-order valence-corrected chi connectivity index (χ3v) is 3.90. The fraction of sp³-hybridized carbons (Fsp3) is 0.800. The van der Waals surface area contributed by atoms with Crippen molar-refractivity contribution in [3.8, 4) is 0 Å². The van der Waals surface area contributed by atoms with Gasteiger partial charge in [-0.05, 0) is 19.3 Å². The second-order valence-electron chi connectivity index (χ2n) is 4.50. The Bertz CT molecular complexity index is 295. The van der Waals surface area contributed by atoms with E-state index in [0.29, 0.717) is 19.5 Å². The summed E-state index contributed by atoms with van der Waals surface area (Å²) < 4.78 is 0. The van der Waals surface area contributed by atoms with Crippen LogP contribution in [0.5, 0.6) is 0 Å². The van der Waals surface area contributed by atoms with Gasteiger partial charge in [-0.2, -0.15) is 0 Å². The highest BCUT2D eigenvalue weighted by Crippen LogP contribution is 2.37. The molecule has 2 fully saturated rings. The number of amides is 3. The summed E-state index contributed by atoms with van der Waals surface area (Å²) in [6, 6.07) is -0.350. The number of likely N-dealkylation sites (tertiary alicyclic amines) is 2. The molecule has 1 spiro atoms. The molecule has 0 bridgehead atoms. The van der Waals surface area contributed by atoms with E-state index < -0.39 is 0 Å². The monoisotopic (exact) mass is 211 g/mol. The van der Waals surface area contributed by atoms with Crippen molar-refractivity contribution in [3.05, 3.63) is 0 Å². The molecule has 0 atom stereocenters. The molecule has 5 nitrogen and oxygen atoms in total. The number of hydrogen-bond acceptors (Lipinski definition) is 2. The van der Waals surface area contributed by atoms with Gasteiger partial charge in [0.1, 0.15) is 0 Å². The van der Waals surface area contributed by atoms with Gasteiger partial charge in [0.15, 0.2) is 0 Å². The molecule has 0 aromatic carbocycles. The highest BCUT2D eigenvalue weighted by Gasteiger charge is 2.45. The van der Waals surface area contributed by atoms with Crippen molar-refractivity contribution >= 4 is 11.9 Å². The van der Waals surface area contributed by atoms with E-state index in [1.165, 1.54) is 0 Å². The number of nitrogens with two attached hydrogens (primary N) is 1. The van der Waals surface area contributed by atoms with Crippen LogP contribution in [0.25, 0.3) is 0 Å². The number of carbonyl (C=O) groups is 2. The topological polar surface area (TPSA) is 66.6 Å². The molecule has 0 aromatic rings. The van der Waals surface area contributed by atoms with Gasteiger partial charge in [-0.3, -0.25) is 4.79 Å². The van der Waals surface area contributed by atoms with E-state index in [9.17, 15) is 9.59 Å². The van der Waals surface area contributed by atoms with Crippen LogP contribution in [0.2, 0.25) is 0 Å².